The van der Waals surface area contributed by atoms with Crippen molar-refractivity contribution in [1.29, 1.82) is 0 Å². The summed E-state index contributed by atoms with van der Waals surface area (Å²) < 4.78 is 51.8. The van der Waals surface area contributed by atoms with Gasteiger partial charge >= 0.3 is 5.89 Å². The van der Waals surface area contributed by atoms with E-state index in [2.05, 4.69) is 61.9 Å². The van der Waals surface area contributed by atoms with Crippen LogP contribution in [0.2, 0.25) is 0 Å². The minimum Gasteiger partial charge on any atom is -0.743 e. The van der Waals surface area contributed by atoms with E-state index >= 15 is 0 Å². The first-order chi connectivity index (χ1) is 21.1. The van der Waals surface area contributed by atoms with Crippen LogP contribution in [0, 0.1) is 0 Å². The highest BCUT2D eigenvalue weighted by molar-refractivity contribution is 9.10. The Bertz CT molecular complexity index is 2030. The number of fused-ring (bicyclic) bond motifs is 2. The molecule has 0 amide bonds. The van der Waals surface area contributed by atoms with E-state index in [4.69, 9.17) is 9.15 Å². The van der Waals surface area contributed by atoms with Crippen molar-refractivity contribution < 1.29 is 26.7 Å². The first-order valence-electron chi connectivity index (χ1n) is 14.1. The van der Waals surface area contributed by atoms with Crippen LogP contribution in [-0.4, -0.2) is 19.5 Å². The van der Waals surface area contributed by atoms with Gasteiger partial charge in [-0.2, -0.15) is 0 Å². The second-order valence-corrected chi connectivity index (χ2v) is 13.5. The van der Waals surface area contributed by atoms with E-state index in [-0.39, 0.29) is 5.89 Å². The van der Waals surface area contributed by atoms with Crippen molar-refractivity contribution in [2.75, 3.05) is 11.4 Å². The molecule has 0 saturated carbocycles. The lowest BCUT2D eigenvalue weighted by Gasteiger charge is -2.16. The maximum atomic E-state index is 12.0. The van der Waals surface area contributed by atoms with Gasteiger partial charge in [-0.3, -0.25) is 0 Å². The molecule has 0 bridgehead atoms. The standard InChI is InChI=1S/C34H28Br2N2O5S/c1-3-22(17-33-37(4-2)29-19-25(9-15-31(29)42-33)23-5-11-27(35)12-6-23)18-34-38(21-44(39,40)41)30-20-26(10-16-32(30)43-34)24-7-13-28(36)14-8-24/h5-20H,3-4,21H2,1-2H3. The summed E-state index contributed by atoms with van der Waals surface area (Å²) in [5.74, 6) is 0.911. The monoisotopic (exact) mass is 734 g/mol. The lowest BCUT2D eigenvalue weighted by molar-refractivity contribution is -0.658. The van der Waals surface area contributed by atoms with Gasteiger partial charge in [-0.15, -0.1) is 4.57 Å². The maximum absolute atomic E-state index is 12.0. The molecule has 44 heavy (non-hydrogen) atoms. The van der Waals surface area contributed by atoms with Crippen LogP contribution in [0.25, 0.3) is 39.4 Å². The fourth-order valence-corrected chi connectivity index (χ4v) is 6.35. The Kier molecular flexibility index (Phi) is 8.52. The van der Waals surface area contributed by atoms with Gasteiger partial charge in [0.2, 0.25) is 17.3 Å². The topological polar surface area (TPSA) is 86.7 Å². The molecule has 2 heterocycles. The first-order valence-corrected chi connectivity index (χ1v) is 17.2. The van der Waals surface area contributed by atoms with E-state index in [0.29, 0.717) is 29.9 Å². The molecule has 1 aliphatic heterocycles. The highest BCUT2D eigenvalue weighted by atomic mass is 79.9. The van der Waals surface area contributed by atoms with Gasteiger partial charge in [-0.25, -0.2) is 8.42 Å². The van der Waals surface area contributed by atoms with E-state index in [0.717, 1.165) is 48.2 Å². The van der Waals surface area contributed by atoms with Crippen molar-refractivity contribution in [1.82, 2.24) is 0 Å². The minimum atomic E-state index is -4.62. The van der Waals surface area contributed by atoms with Gasteiger partial charge in [-0.05, 0) is 83.6 Å². The third kappa shape index (κ3) is 6.39. The molecule has 0 saturated heterocycles. The Morgan fingerprint density at radius 2 is 1.45 bits per heavy atom. The molecule has 0 aliphatic carbocycles. The number of ether oxygens (including phenoxy) is 1. The summed E-state index contributed by atoms with van der Waals surface area (Å²) in [7, 11) is -4.62. The molecule has 0 radical (unpaired) electrons. The molecule has 7 nitrogen and oxygen atoms in total. The summed E-state index contributed by atoms with van der Waals surface area (Å²) in [4.78, 5) is 2.10. The predicted octanol–water partition coefficient (Wildman–Crippen LogP) is 8.64. The number of hydrogen-bond acceptors (Lipinski definition) is 6. The van der Waals surface area contributed by atoms with Crippen molar-refractivity contribution in [2.24, 2.45) is 0 Å². The van der Waals surface area contributed by atoms with Crippen molar-refractivity contribution >= 4 is 64.8 Å². The molecule has 6 rings (SSSR count). The summed E-state index contributed by atoms with van der Waals surface area (Å²) in [5, 5.41) is 0. The number of allylic oxidation sites excluding steroid dienone is 2. The summed E-state index contributed by atoms with van der Waals surface area (Å²) in [5.41, 5.74) is 6.79. The van der Waals surface area contributed by atoms with E-state index in [9.17, 15) is 13.0 Å². The summed E-state index contributed by atoms with van der Waals surface area (Å²) in [6, 6.07) is 27.6. The van der Waals surface area contributed by atoms with Gasteiger partial charge in [0.15, 0.2) is 15.9 Å². The van der Waals surface area contributed by atoms with E-state index in [1.165, 1.54) is 4.57 Å². The summed E-state index contributed by atoms with van der Waals surface area (Å²) in [6.07, 6.45) is 4.31. The number of benzene rings is 4. The molecule has 0 spiro atoms. The number of anilines is 1. The number of oxazole rings is 1. The van der Waals surface area contributed by atoms with Crippen LogP contribution in [0.3, 0.4) is 0 Å². The summed E-state index contributed by atoms with van der Waals surface area (Å²) in [6.45, 7) is 4.73. The zero-order valence-corrected chi connectivity index (χ0v) is 27.9. The van der Waals surface area contributed by atoms with Crippen LogP contribution in [-0.2, 0) is 16.0 Å². The van der Waals surface area contributed by atoms with Crippen LogP contribution in [0.1, 0.15) is 26.2 Å². The van der Waals surface area contributed by atoms with Gasteiger partial charge in [0.1, 0.15) is 0 Å². The Morgan fingerprint density at radius 3 is 2.05 bits per heavy atom. The number of hydrogen-bond donors (Lipinski definition) is 0. The van der Waals surface area contributed by atoms with E-state index < -0.39 is 16.0 Å². The molecule has 224 valence electrons. The second kappa shape index (κ2) is 12.4. The number of nitrogens with zero attached hydrogens (tertiary/aromatic N) is 2. The van der Waals surface area contributed by atoms with Gasteiger partial charge in [-0.1, -0.05) is 75.2 Å². The maximum Gasteiger partial charge on any atom is 0.375 e. The molecule has 0 N–H and O–H groups in total. The van der Waals surface area contributed by atoms with E-state index in [1.54, 1.807) is 12.1 Å². The van der Waals surface area contributed by atoms with Crippen molar-refractivity contribution in [3.8, 4) is 28.0 Å². The zero-order valence-electron chi connectivity index (χ0n) is 24.0. The molecule has 5 aromatic rings. The molecule has 0 atom stereocenters. The third-order valence-corrected chi connectivity index (χ3v) is 9.08. The van der Waals surface area contributed by atoms with Crippen molar-refractivity contribution in [3.63, 3.8) is 0 Å². The molecule has 4 aromatic carbocycles. The lowest BCUT2D eigenvalue weighted by Crippen LogP contribution is -2.39. The SMILES string of the molecule is CCC(=C/c1oc2ccc(-c3ccc(Br)cc3)cc2[n+]1CS(=O)(=O)[O-])/C=C1/Oc2ccc(-c3ccc(Br)cc3)cc2N1CC. The fraction of sp³-hybridized carbons (Fsp3) is 0.147. The van der Waals surface area contributed by atoms with Crippen LogP contribution in [0.5, 0.6) is 5.75 Å². The second-order valence-electron chi connectivity index (χ2n) is 10.3. The average molecular weight is 736 g/mol. The lowest BCUT2D eigenvalue weighted by atomic mass is 10.0. The Labute approximate surface area is 273 Å². The van der Waals surface area contributed by atoms with Gasteiger partial charge in [0.05, 0.1) is 11.8 Å². The smallest absolute Gasteiger partial charge is 0.375 e. The third-order valence-electron chi connectivity index (χ3n) is 7.45. The fourth-order valence-electron chi connectivity index (χ4n) is 5.24. The molecule has 10 heteroatoms. The highest BCUT2D eigenvalue weighted by Gasteiger charge is 2.27. The van der Waals surface area contributed by atoms with Crippen LogP contribution in [0.15, 0.2) is 116 Å². The first kappa shape index (κ1) is 30.3. The minimum absolute atomic E-state index is 0.261. The van der Waals surface area contributed by atoms with Gasteiger partial charge < -0.3 is 18.6 Å². The number of aromatic nitrogens is 1. The Balaban J connectivity index is 1.39. The van der Waals surface area contributed by atoms with Crippen LogP contribution >= 0.6 is 31.9 Å². The molecule has 1 aromatic heterocycles. The zero-order chi connectivity index (χ0) is 31.0. The van der Waals surface area contributed by atoms with Crippen LogP contribution < -0.4 is 14.2 Å². The van der Waals surface area contributed by atoms with Crippen molar-refractivity contribution in [3.05, 3.63) is 117 Å². The predicted molar refractivity (Wildman–Crippen MR) is 179 cm³/mol. The average Bonchev–Trinajstić information content (AvgIpc) is 3.52. The molecule has 0 unspecified atom stereocenters. The quantitative estimate of drug-likeness (QED) is 0.117. The number of halogens is 2. The summed E-state index contributed by atoms with van der Waals surface area (Å²) >= 11 is 6.95. The largest absolute Gasteiger partial charge is 0.743 e. The molecular formula is C34H28Br2N2O5S. The van der Waals surface area contributed by atoms with Crippen LogP contribution in [0.4, 0.5) is 5.69 Å². The molecule has 0 fully saturated rings. The van der Waals surface area contributed by atoms with Gasteiger partial charge in [0.25, 0.3) is 5.52 Å². The highest BCUT2D eigenvalue weighted by Crippen LogP contribution is 2.42. The molecular weight excluding hydrogens is 708 g/mol. The Morgan fingerprint density at radius 1 is 0.864 bits per heavy atom. The molecule has 1 aliphatic rings. The van der Waals surface area contributed by atoms with Gasteiger partial charge in [0, 0.05) is 27.6 Å². The Hall–Kier alpha value is -3.70. The van der Waals surface area contributed by atoms with Crippen molar-refractivity contribution in [2.45, 2.75) is 26.1 Å². The normalized spacial score (nSPS) is 14.3. The van der Waals surface area contributed by atoms with E-state index in [1.807, 2.05) is 73.7 Å². The number of rotatable bonds is 8.